The van der Waals surface area contributed by atoms with Gasteiger partial charge >= 0.3 is 5.97 Å². The van der Waals surface area contributed by atoms with Crippen LogP contribution in [0.4, 0.5) is 4.39 Å². The van der Waals surface area contributed by atoms with Crippen LogP contribution in [0.5, 0.6) is 11.8 Å². The van der Waals surface area contributed by atoms with Crippen LogP contribution in [0.15, 0.2) is 91.0 Å². The first-order valence-electron chi connectivity index (χ1n) is 9.97. The van der Waals surface area contributed by atoms with Crippen LogP contribution in [0.2, 0.25) is 0 Å². The number of nitrogens with zero attached hydrogens (tertiary/aromatic N) is 1. The third kappa shape index (κ3) is 5.29. The second kappa shape index (κ2) is 9.75. The number of aromatic nitrogens is 1. The molecule has 0 radical (unpaired) electrons. The van der Waals surface area contributed by atoms with Crippen LogP contribution in [-0.2, 0) is 13.2 Å². The van der Waals surface area contributed by atoms with Crippen molar-refractivity contribution >= 4 is 5.97 Å². The smallest absolute Gasteiger partial charge is 0.335 e. The van der Waals surface area contributed by atoms with Crippen LogP contribution < -0.4 is 9.47 Å². The summed E-state index contributed by atoms with van der Waals surface area (Å²) in [4.78, 5) is 15.8. The highest BCUT2D eigenvalue weighted by Gasteiger charge is 2.15. The largest absolute Gasteiger partial charge is 0.478 e. The van der Waals surface area contributed by atoms with E-state index < -0.39 is 11.8 Å². The summed E-state index contributed by atoms with van der Waals surface area (Å²) < 4.78 is 25.8. The van der Waals surface area contributed by atoms with Crippen LogP contribution in [0.3, 0.4) is 0 Å². The highest BCUT2D eigenvalue weighted by molar-refractivity contribution is 5.89. The SMILES string of the molecule is O=C(O)c1cc(F)cc(-c2ccc(OCc3ccccc3)nc2OCc2ccccc2)c1. The second-order valence-electron chi connectivity index (χ2n) is 7.08. The molecule has 0 aliphatic rings. The number of pyridine rings is 1. The molecule has 6 heteroatoms. The molecule has 1 aromatic heterocycles. The standard InChI is InChI=1S/C26H20FNO4/c27-22-14-20(13-21(15-22)26(29)30)23-11-12-24(31-16-18-7-3-1-4-8-18)28-25(23)32-17-19-9-5-2-6-10-19/h1-15H,16-17H2,(H,29,30). The molecule has 32 heavy (non-hydrogen) atoms. The number of hydrogen-bond donors (Lipinski definition) is 1. The minimum absolute atomic E-state index is 0.154. The number of halogens is 1. The summed E-state index contributed by atoms with van der Waals surface area (Å²) in [5.74, 6) is -1.30. The van der Waals surface area contributed by atoms with Gasteiger partial charge in [0.2, 0.25) is 11.8 Å². The summed E-state index contributed by atoms with van der Waals surface area (Å²) in [5.41, 5.74) is 2.59. The Labute approximate surface area is 184 Å². The van der Waals surface area contributed by atoms with Gasteiger partial charge in [-0.2, -0.15) is 4.98 Å². The number of carbonyl (C=O) groups is 1. The van der Waals surface area contributed by atoms with Gasteiger partial charge in [-0.1, -0.05) is 60.7 Å². The van der Waals surface area contributed by atoms with Crippen LogP contribution in [-0.4, -0.2) is 16.1 Å². The molecule has 1 heterocycles. The Hall–Kier alpha value is -4.19. The van der Waals surface area contributed by atoms with Crippen LogP contribution >= 0.6 is 0 Å². The van der Waals surface area contributed by atoms with Crippen molar-refractivity contribution < 1.29 is 23.8 Å². The van der Waals surface area contributed by atoms with Crippen LogP contribution in [0, 0.1) is 5.82 Å². The highest BCUT2D eigenvalue weighted by Crippen LogP contribution is 2.32. The molecule has 0 saturated heterocycles. The van der Waals surface area contributed by atoms with Crippen molar-refractivity contribution in [1.82, 2.24) is 4.98 Å². The Morgan fingerprint density at radius 2 is 1.44 bits per heavy atom. The van der Waals surface area contributed by atoms with Gasteiger partial charge in [-0.25, -0.2) is 9.18 Å². The first-order chi connectivity index (χ1) is 15.6. The quantitative estimate of drug-likeness (QED) is 0.387. The number of carboxylic acids is 1. The number of ether oxygens (including phenoxy) is 2. The zero-order valence-corrected chi connectivity index (χ0v) is 17.1. The minimum atomic E-state index is -1.21. The molecule has 0 spiro atoms. The Morgan fingerprint density at radius 3 is 2.06 bits per heavy atom. The Morgan fingerprint density at radius 1 is 0.812 bits per heavy atom. The van der Waals surface area contributed by atoms with E-state index in [1.807, 2.05) is 60.7 Å². The van der Waals surface area contributed by atoms with Crippen molar-refractivity contribution in [3.05, 3.63) is 114 Å². The number of aromatic carboxylic acids is 1. The molecule has 5 nitrogen and oxygen atoms in total. The second-order valence-corrected chi connectivity index (χ2v) is 7.08. The average Bonchev–Trinajstić information content (AvgIpc) is 2.82. The average molecular weight is 429 g/mol. The normalized spacial score (nSPS) is 10.5. The van der Waals surface area contributed by atoms with Gasteiger partial charge in [0.25, 0.3) is 0 Å². The van der Waals surface area contributed by atoms with E-state index in [1.54, 1.807) is 12.1 Å². The van der Waals surface area contributed by atoms with Gasteiger partial charge in [0.15, 0.2) is 0 Å². The van der Waals surface area contributed by atoms with Gasteiger partial charge in [-0.05, 0) is 41.0 Å². The van der Waals surface area contributed by atoms with Crippen LogP contribution in [0.1, 0.15) is 21.5 Å². The molecule has 0 aliphatic carbocycles. The zero-order chi connectivity index (χ0) is 22.3. The van der Waals surface area contributed by atoms with E-state index in [1.165, 1.54) is 12.1 Å². The number of rotatable bonds is 8. The van der Waals surface area contributed by atoms with E-state index in [0.29, 0.717) is 23.6 Å². The van der Waals surface area contributed by atoms with Gasteiger partial charge in [-0.15, -0.1) is 0 Å². The van der Waals surface area contributed by atoms with E-state index >= 15 is 0 Å². The fraction of sp³-hybridized carbons (Fsp3) is 0.0769. The molecular formula is C26H20FNO4. The van der Waals surface area contributed by atoms with Gasteiger partial charge in [-0.3, -0.25) is 0 Å². The van der Waals surface area contributed by atoms with Gasteiger partial charge in [0.1, 0.15) is 19.0 Å². The minimum Gasteiger partial charge on any atom is -0.478 e. The molecule has 0 aliphatic heterocycles. The van der Waals surface area contributed by atoms with Gasteiger partial charge in [0.05, 0.1) is 5.56 Å². The predicted molar refractivity (Wildman–Crippen MR) is 118 cm³/mol. The molecule has 1 N–H and O–H groups in total. The number of carboxylic acid groups (broad SMARTS) is 1. The fourth-order valence-electron chi connectivity index (χ4n) is 3.16. The molecule has 0 unspecified atom stereocenters. The molecular weight excluding hydrogens is 409 g/mol. The maximum atomic E-state index is 14.1. The third-order valence-electron chi connectivity index (χ3n) is 4.74. The van der Waals surface area contributed by atoms with E-state index in [4.69, 9.17) is 9.47 Å². The van der Waals surface area contributed by atoms with Gasteiger partial charge in [0, 0.05) is 11.6 Å². The molecule has 4 aromatic rings. The van der Waals surface area contributed by atoms with Crippen molar-refractivity contribution in [2.45, 2.75) is 13.2 Å². The third-order valence-corrected chi connectivity index (χ3v) is 4.74. The highest BCUT2D eigenvalue weighted by atomic mass is 19.1. The first-order valence-corrected chi connectivity index (χ1v) is 9.97. The van der Waals surface area contributed by atoms with E-state index in [2.05, 4.69) is 4.98 Å². The summed E-state index contributed by atoms with van der Waals surface area (Å²) >= 11 is 0. The lowest BCUT2D eigenvalue weighted by atomic mass is 10.0. The van der Waals surface area contributed by atoms with E-state index in [-0.39, 0.29) is 18.1 Å². The molecule has 3 aromatic carbocycles. The zero-order valence-electron chi connectivity index (χ0n) is 17.1. The lowest BCUT2D eigenvalue weighted by Gasteiger charge is -2.14. The summed E-state index contributed by atoms with van der Waals surface area (Å²) in [5, 5.41) is 9.29. The summed E-state index contributed by atoms with van der Waals surface area (Å²) in [6, 6.07) is 26.2. The Balaban J connectivity index is 1.66. The first kappa shape index (κ1) is 21.1. The van der Waals surface area contributed by atoms with Crippen LogP contribution in [0.25, 0.3) is 11.1 Å². The molecule has 0 saturated carbocycles. The lowest BCUT2D eigenvalue weighted by molar-refractivity contribution is 0.0696. The predicted octanol–water partition coefficient (Wildman–Crippen LogP) is 5.74. The lowest BCUT2D eigenvalue weighted by Crippen LogP contribution is -2.03. The molecule has 0 atom stereocenters. The number of hydrogen-bond acceptors (Lipinski definition) is 4. The number of benzene rings is 3. The Kier molecular flexibility index (Phi) is 6.41. The maximum Gasteiger partial charge on any atom is 0.335 e. The van der Waals surface area contributed by atoms with Crippen molar-refractivity contribution in [2.75, 3.05) is 0 Å². The van der Waals surface area contributed by atoms with Crippen molar-refractivity contribution in [3.8, 4) is 22.9 Å². The van der Waals surface area contributed by atoms with E-state index in [0.717, 1.165) is 17.2 Å². The topological polar surface area (TPSA) is 68.7 Å². The van der Waals surface area contributed by atoms with Crippen molar-refractivity contribution in [3.63, 3.8) is 0 Å². The summed E-state index contributed by atoms with van der Waals surface area (Å²) in [6.07, 6.45) is 0. The molecule has 0 bridgehead atoms. The fourth-order valence-corrected chi connectivity index (χ4v) is 3.16. The Bertz CT molecular complexity index is 1210. The molecule has 160 valence electrons. The van der Waals surface area contributed by atoms with Crippen molar-refractivity contribution in [1.29, 1.82) is 0 Å². The molecule has 0 fully saturated rings. The monoisotopic (exact) mass is 429 g/mol. The molecule has 0 amide bonds. The van der Waals surface area contributed by atoms with Gasteiger partial charge < -0.3 is 14.6 Å². The summed E-state index contributed by atoms with van der Waals surface area (Å²) in [6.45, 7) is 0.568. The maximum absolute atomic E-state index is 14.1. The van der Waals surface area contributed by atoms with E-state index in [9.17, 15) is 14.3 Å². The van der Waals surface area contributed by atoms with Crippen molar-refractivity contribution in [2.24, 2.45) is 0 Å². The summed E-state index contributed by atoms with van der Waals surface area (Å²) in [7, 11) is 0. The molecule has 4 rings (SSSR count).